The van der Waals surface area contributed by atoms with Crippen molar-refractivity contribution in [2.45, 2.75) is 16.2 Å². The quantitative estimate of drug-likeness (QED) is 0.853. The maximum absolute atomic E-state index is 12.4. The Labute approximate surface area is 119 Å². The molecule has 2 rings (SSSR count). The van der Waals surface area contributed by atoms with E-state index in [1.807, 2.05) is 0 Å². The van der Waals surface area contributed by atoms with Crippen molar-refractivity contribution in [3.8, 4) is 0 Å². The standard InChI is InChI=1S/C12H18N2O4S2/c1-19(15,16)11-3-5-12(6-4-11)20(17,18)14-9-2-7-13-8-10-14/h3-6,13H,2,7-10H2,1H3. The van der Waals surface area contributed by atoms with Crippen LogP contribution in [-0.4, -0.2) is 53.6 Å². The van der Waals surface area contributed by atoms with Crippen molar-refractivity contribution in [2.24, 2.45) is 0 Å². The zero-order valence-electron chi connectivity index (χ0n) is 11.2. The van der Waals surface area contributed by atoms with Crippen molar-refractivity contribution in [1.29, 1.82) is 0 Å². The normalized spacial score (nSPS) is 18.6. The van der Waals surface area contributed by atoms with E-state index in [2.05, 4.69) is 5.32 Å². The smallest absolute Gasteiger partial charge is 0.243 e. The minimum Gasteiger partial charge on any atom is -0.315 e. The van der Waals surface area contributed by atoms with Gasteiger partial charge in [-0.1, -0.05) is 0 Å². The average Bonchev–Trinajstić information content (AvgIpc) is 2.67. The monoisotopic (exact) mass is 318 g/mol. The predicted octanol–water partition coefficient (Wildman–Crippen LogP) is 0.0741. The molecule has 1 aliphatic heterocycles. The lowest BCUT2D eigenvalue weighted by atomic mass is 10.4. The van der Waals surface area contributed by atoms with E-state index in [1.54, 1.807) is 0 Å². The minimum atomic E-state index is -3.55. The Kier molecular flexibility index (Phi) is 4.48. The molecule has 0 aromatic heterocycles. The highest BCUT2D eigenvalue weighted by atomic mass is 32.2. The van der Waals surface area contributed by atoms with Gasteiger partial charge in [-0.25, -0.2) is 16.8 Å². The third kappa shape index (κ3) is 3.38. The Balaban J connectivity index is 2.29. The van der Waals surface area contributed by atoms with Gasteiger partial charge in [0.05, 0.1) is 9.79 Å². The van der Waals surface area contributed by atoms with Gasteiger partial charge in [0, 0.05) is 25.9 Å². The molecule has 0 atom stereocenters. The fraction of sp³-hybridized carbons (Fsp3) is 0.500. The van der Waals surface area contributed by atoms with E-state index < -0.39 is 19.9 Å². The van der Waals surface area contributed by atoms with Gasteiger partial charge in [-0.2, -0.15) is 4.31 Å². The van der Waals surface area contributed by atoms with Crippen molar-refractivity contribution in [3.63, 3.8) is 0 Å². The molecule has 1 aliphatic rings. The van der Waals surface area contributed by atoms with Gasteiger partial charge < -0.3 is 5.32 Å². The summed E-state index contributed by atoms with van der Waals surface area (Å²) >= 11 is 0. The van der Waals surface area contributed by atoms with Crippen LogP contribution in [0.4, 0.5) is 0 Å². The molecule has 112 valence electrons. The number of hydrogen-bond donors (Lipinski definition) is 1. The van der Waals surface area contributed by atoms with Crippen LogP contribution in [0.3, 0.4) is 0 Å². The molecular weight excluding hydrogens is 300 g/mol. The van der Waals surface area contributed by atoms with Crippen LogP contribution in [0.5, 0.6) is 0 Å². The van der Waals surface area contributed by atoms with Gasteiger partial charge in [-0.15, -0.1) is 0 Å². The van der Waals surface area contributed by atoms with Crippen molar-refractivity contribution in [1.82, 2.24) is 9.62 Å². The van der Waals surface area contributed by atoms with Crippen LogP contribution in [0.2, 0.25) is 0 Å². The molecule has 1 heterocycles. The van der Waals surface area contributed by atoms with Crippen LogP contribution >= 0.6 is 0 Å². The predicted molar refractivity (Wildman–Crippen MR) is 75.8 cm³/mol. The number of hydrogen-bond acceptors (Lipinski definition) is 5. The van der Waals surface area contributed by atoms with Crippen molar-refractivity contribution >= 4 is 19.9 Å². The molecule has 6 nitrogen and oxygen atoms in total. The molecular formula is C12H18N2O4S2. The van der Waals surface area contributed by atoms with E-state index >= 15 is 0 Å². The first-order valence-corrected chi connectivity index (χ1v) is 9.66. The van der Waals surface area contributed by atoms with E-state index in [0.717, 1.165) is 19.2 Å². The first-order valence-electron chi connectivity index (χ1n) is 6.33. The summed E-state index contributed by atoms with van der Waals surface area (Å²) in [5.41, 5.74) is 0. The van der Waals surface area contributed by atoms with Crippen molar-refractivity contribution < 1.29 is 16.8 Å². The van der Waals surface area contributed by atoms with Crippen molar-refractivity contribution in [3.05, 3.63) is 24.3 Å². The summed E-state index contributed by atoms with van der Waals surface area (Å²) < 4.78 is 49.1. The molecule has 0 saturated carbocycles. The summed E-state index contributed by atoms with van der Waals surface area (Å²) in [5.74, 6) is 0. The molecule has 0 unspecified atom stereocenters. The Hall–Kier alpha value is -0.960. The SMILES string of the molecule is CS(=O)(=O)c1ccc(S(=O)(=O)N2CCCNCC2)cc1. The highest BCUT2D eigenvalue weighted by molar-refractivity contribution is 7.90. The largest absolute Gasteiger partial charge is 0.315 e. The number of benzene rings is 1. The topological polar surface area (TPSA) is 83.5 Å². The molecule has 1 aromatic carbocycles. The number of nitrogens with one attached hydrogen (secondary N) is 1. The summed E-state index contributed by atoms with van der Waals surface area (Å²) in [6, 6.07) is 5.37. The summed E-state index contributed by atoms with van der Waals surface area (Å²) in [6.07, 6.45) is 1.86. The van der Waals surface area contributed by atoms with Gasteiger partial charge in [0.1, 0.15) is 0 Å². The first kappa shape index (κ1) is 15.4. The van der Waals surface area contributed by atoms with E-state index in [9.17, 15) is 16.8 Å². The summed E-state index contributed by atoms with van der Waals surface area (Å²) in [5, 5.41) is 3.14. The zero-order valence-corrected chi connectivity index (χ0v) is 12.9. The zero-order chi connectivity index (χ0) is 14.8. The second kappa shape index (κ2) is 5.80. The van der Waals surface area contributed by atoms with Gasteiger partial charge in [-0.05, 0) is 37.2 Å². The maximum atomic E-state index is 12.4. The van der Waals surface area contributed by atoms with Gasteiger partial charge in [0.15, 0.2) is 9.84 Å². The van der Waals surface area contributed by atoms with Gasteiger partial charge in [0.25, 0.3) is 0 Å². The lowest BCUT2D eigenvalue weighted by Crippen LogP contribution is -2.34. The van der Waals surface area contributed by atoms with Gasteiger partial charge in [-0.3, -0.25) is 0 Å². The highest BCUT2D eigenvalue weighted by Gasteiger charge is 2.25. The minimum absolute atomic E-state index is 0.119. The molecule has 8 heteroatoms. The second-order valence-electron chi connectivity index (χ2n) is 4.75. The van der Waals surface area contributed by atoms with Crippen LogP contribution in [0, 0.1) is 0 Å². The third-order valence-corrected chi connectivity index (χ3v) is 6.23. The Bertz CT molecular complexity index is 658. The molecule has 1 fully saturated rings. The van der Waals surface area contributed by atoms with Gasteiger partial charge >= 0.3 is 0 Å². The van der Waals surface area contributed by atoms with Crippen LogP contribution < -0.4 is 5.32 Å². The summed E-state index contributed by atoms with van der Waals surface area (Å²) in [7, 11) is -6.86. The molecule has 1 saturated heterocycles. The number of nitrogens with zero attached hydrogens (tertiary/aromatic N) is 1. The van der Waals surface area contributed by atoms with E-state index in [-0.39, 0.29) is 9.79 Å². The number of sulfone groups is 1. The number of sulfonamides is 1. The Morgan fingerprint density at radius 1 is 0.950 bits per heavy atom. The van der Waals surface area contributed by atoms with E-state index in [0.29, 0.717) is 19.6 Å². The van der Waals surface area contributed by atoms with Crippen LogP contribution in [-0.2, 0) is 19.9 Å². The number of rotatable bonds is 3. The molecule has 0 aliphatic carbocycles. The van der Waals surface area contributed by atoms with Crippen LogP contribution in [0.25, 0.3) is 0 Å². The molecule has 20 heavy (non-hydrogen) atoms. The van der Waals surface area contributed by atoms with Crippen LogP contribution in [0.1, 0.15) is 6.42 Å². The third-order valence-electron chi connectivity index (χ3n) is 3.19. The molecule has 1 aromatic rings. The fourth-order valence-electron chi connectivity index (χ4n) is 2.07. The molecule has 1 N–H and O–H groups in total. The first-order chi connectivity index (χ1) is 9.32. The van der Waals surface area contributed by atoms with Crippen LogP contribution in [0.15, 0.2) is 34.1 Å². The van der Waals surface area contributed by atoms with Crippen molar-refractivity contribution in [2.75, 3.05) is 32.4 Å². The highest BCUT2D eigenvalue weighted by Crippen LogP contribution is 2.19. The lowest BCUT2D eigenvalue weighted by molar-refractivity contribution is 0.432. The maximum Gasteiger partial charge on any atom is 0.243 e. The Morgan fingerprint density at radius 3 is 2.15 bits per heavy atom. The molecule has 0 amide bonds. The van der Waals surface area contributed by atoms with E-state index in [1.165, 1.54) is 28.6 Å². The molecule has 0 radical (unpaired) electrons. The van der Waals surface area contributed by atoms with E-state index in [4.69, 9.17) is 0 Å². The average molecular weight is 318 g/mol. The Morgan fingerprint density at radius 2 is 1.55 bits per heavy atom. The second-order valence-corrected chi connectivity index (χ2v) is 8.70. The van der Waals surface area contributed by atoms with Gasteiger partial charge in [0.2, 0.25) is 10.0 Å². The lowest BCUT2D eigenvalue weighted by Gasteiger charge is -2.19. The molecule has 0 bridgehead atoms. The fourth-order valence-corrected chi connectivity index (χ4v) is 4.18. The summed E-state index contributed by atoms with van der Waals surface area (Å²) in [6.45, 7) is 2.33. The summed E-state index contributed by atoms with van der Waals surface area (Å²) in [4.78, 5) is 0.251. The molecule has 0 spiro atoms.